The molecule has 4 heteroatoms. The number of hydrogen-bond acceptors (Lipinski definition) is 4. The molecule has 2 aromatic rings. The normalized spacial score (nSPS) is 11.7. The number of methoxy groups -OCH3 is 2. The molecule has 0 saturated heterocycles. The maximum atomic E-state index is 12.1. The van der Waals surface area contributed by atoms with Gasteiger partial charge in [0.05, 0.1) is 20.1 Å². The molecule has 0 fully saturated rings. The molecule has 0 spiro atoms. The topological polar surface area (TPSA) is 61.5 Å². The number of rotatable bonds is 5. The maximum absolute atomic E-state index is 12.1. The second-order valence-corrected chi connectivity index (χ2v) is 4.76. The van der Waals surface area contributed by atoms with Crippen LogP contribution in [-0.4, -0.2) is 20.2 Å². The number of anilines is 1. The van der Waals surface area contributed by atoms with Crippen molar-refractivity contribution in [3.63, 3.8) is 0 Å². The minimum Gasteiger partial charge on any atom is -0.496 e. The van der Waals surface area contributed by atoms with Gasteiger partial charge >= 0.3 is 5.97 Å². The van der Waals surface area contributed by atoms with Gasteiger partial charge in [0.1, 0.15) is 5.75 Å². The summed E-state index contributed by atoms with van der Waals surface area (Å²) >= 11 is 0. The van der Waals surface area contributed by atoms with Crippen molar-refractivity contribution in [1.29, 1.82) is 0 Å². The van der Waals surface area contributed by atoms with E-state index in [9.17, 15) is 4.79 Å². The van der Waals surface area contributed by atoms with Crippen molar-refractivity contribution in [3.05, 3.63) is 59.7 Å². The first-order valence-electron chi connectivity index (χ1n) is 6.71. The Morgan fingerprint density at radius 2 is 1.76 bits per heavy atom. The van der Waals surface area contributed by atoms with Gasteiger partial charge in [-0.1, -0.05) is 30.3 Å². The summed E-state index contributed by atoms with van der Waals surface area (Å²) in [6.45, 7) is 0. The maximum Gasteiger partial charge on any atom is 0.313 e. The number of esters is 1. The summed E-state index contributed by atoms with van der Waals surface area (Å²) in [6.07, 6.45) is 0.514. The van der Waals surface area contributed by atoms with Crippen LogP contribution in [0.15, 0.2) is 48.5 Å². The number of nitrogen functional groups attached to an aromatic ring is 1. The van der Waals surface area contributed by atoms with E-state index in [1.54, 1.807) is 19.2 Å². The lowest BCUT2D eigenvalue weighted by Gasteiger charge is -2.17. The minimum atomic E-state index is -0.383. The van der Waals surface area contributed by atoms with Gasteiger partial charge in [0.15, 0.2) is 0 Å². The fourth-order valence-corrected chi connectivity index (χ4v) is 2.30. The fraction of sp³-hybridized carbons (Fsp3) is 0.235. The molecule has 21 heavy (non-hydrogen) atoms. The summed E-state index contributed by atoms with van der Waals surface area (Å²) in [5.74, 6) is 0.111. The van der Waals surface area contributed by atoms with Gasteiger partial charge in [0, 0.05) is 5.69 Å². The van der Waals surface area contributed by atoms with Gasteiger partial charge in [-0.2, -0.15) is 0 Å². The Bertz CT molecular complexity index is 608. The highest BCUT2D eigenvalue weighted by molar-refractivity contribution is 5.78. The van der Waals surface area contributed by atoms with E-state index in [0.29, 0.717) is 12.1 Å². The van der Waals surface area contributed by atoms with Crippen LogP contribution in [0, 0.1) is 0 Å². The molecular formula is C17H19NO3. The number of ether oxygens (including phenoxy) is 2. The average molecular weight is 285 g/mol. The molecule has 0 radical (unpaired) electrons. The van der Waals surface area contributed by atoms with E-state index in [4.69, 9.17) is 15.2 Å². The van der Waals surface area contributed by atoms with Gasteiger partial charge < -0.3 is 15.2 Å². The quantitative estimate of drug-likeness (QED) is 0.678. The Morgan fingerprint density at radius 1 is 1.10 bits per heavy atom. The van der Waals surface area contributed by atoms with Crippen LogP contribution >= 0.6 is 0 Å². The van der Waals surface area contributed by atoms with Crippen LogP contribution in [0.1, 0.15) is 17.0 Å². The van der Waals surface area contributed by atoms with Crippen LogP contribution in [0.25, 0.3) is 0 Å². The summed E-state index contributed by atoms with van der Waals surface area (Å²) in [7, 11) is 3.02. The van der Waals surface area contributed by atoms with Crippen LogP contribution in [0.4, 0.5) is 5.69 Å². The molecule has 0 bridgehead atoms. The van der Waals surface area contributed by atoms with E-state index < -0.39 is 0 Å². The highest BCUT2D eigenvalue weighted by atomic mass is 16.5. The molecule has 0 heterocycles. The Labute approximate surface area is 124 Å². The van der Waals surface area contributed by atoms with Crippen LogP contribution < -0.4 is 10.5 Å². The molecule has 0 aromatic heterocycles. The molecule has 2 rings (SSSR count). The standard InChI is InChI=1S/C17H19NO3/c1-20-16-6-4-3-5-13(16)11-15(17(19)21-2)12-7-9-14(18)10-8-12/h3-10,15H,11,18H2,1-2H3. The summed E-state index contributed by atoms with van der Waals surface area (Å²) < 4.78 is 10.3. The molecule has 0 aliphatic rings. The van der Waals surface area contributed by atoms with E-state index in [0.717, 1.165) is 16.9 Å². The molecule has 110 valence electrons. The number of nitrogens with two attached hydrogens (primary N) is 1. The minimum absolute atomic E-state index is 0.273. The molecule has 2 N–H and O–H groups in total. The third kappa shape index (κ3) is 3.54. The van der Waals surface area contributed by atoms with Crippen molar-refractivity contribution in [2.45, 2.75) is 12.3 Å². The number of carbonyl (C=O) groups excluding carboxylic acids is 1. The average Bonchev–Trinajstić information content (AvgIpc) is 2.53. The SMILES string of the molecule is COC(=O)C(Cc1ccccc1OC)c1ccc(N)cc1. The van der Waals surface area contributed by atoms with E-state index in [2.05, 4.69) is 0 Å². The molecule has 0 aliphatic heterocycles. The van der Waals surface area contributed by atoms with Gasteiger partial charge in [-0.05, 0) is 35.7 Å². The molecule has 0 saturated carbocycles. The molecule has 2 aromatic carbocycles. The zero-order valence-corrected chi connectivity index (χ0v) is 12.2. The number of carbonyl (C=O) groups is 1. The van der Waals surface area contributed by atoms with Crippen LogP contribution in [-0.2, 0) is 16.0 Å². The Hall–Kier alpha value is -2.49. The van der Waals surface area contributed by atoms with Crippen molar-refractivity contribution in [3.8, 4) is 5.75 Å². The van der Waals surface area contributed by atoms with Gasteiger partial charge in [-0.3, -0.25) is 4.79 Å². The second kappa shape index (κ2) is 6.79. The number of hydrogen-bond donors (Lipinski definition) is 1. The lowest BCUT2D eigenvalue weighted by Crippen LogP contribution is -2.17. The van der Waals surface area contributed by atoms with E-state index >= 15 is 0 Å². The summed E-state index contributed by atoms with van der Waals surface area (Å²) in [5.41, 5.74) is 8.21. The largest absolute Gasteiger partial charge is 0.496 e. The third-order valence-corrected chi connectivity index (χ3v) is 3.44. The second-order valence-electron chi connectivity index (χ2n) is 4.76. The van der Waals surface area contributed by atoms with Crippen LogP contribution in [0.2, 0.25) is 0 Å². The van der Waals surface area contributed by atoms with E-state index in [1.807, 2.05) is 36.4 Å². The fourth-order valence-electron chi connectivity index (χ4n) is 2.30. The van der Waals surface area contributed by atoms with Crippen LogP contribution in [0.5, 0.6) is 5.75 Å². The molecular weight excluding hydrogens is 266 g/mol. The first-order valence-corrected chi connectivity index (χ1v) is 6.71. The predicted molar refractivity (Wildman–Crippen MR) is 82.3 cm³/mol. The first kappa shape index (κ1) is 14.9. The van der Waals surface area contributed by atoms with E-state index in [-0.39, 0.29) is 11.9 Å². The molecule has 1 unspecified atom stereocenters. The monoisotopic (exact) mass is 285 g/mol. The highest BCUT2D eigenvalue weighted by Gasteiger charge is 2.23. The Morgan fingerprint density at radius 3 is 2.38 bits per heavy atom. The predicted octanol–water partition coefficient (Wildman–Crippen LogP) is 2.78. The van der Waals surface area contributed by atoms with Crippen molar-refractivity contribution >= 4 is 11.7 Å². The molecule has 0 amide bonds. The molecule has 0 aliphatic carbocycles. The first-order chi connectivity index (χ1) is 10.2. The summed E-state index contributed by atoms with van der Waals surface area (Å²) in [5, 5.41) is 0. The van der Waals surface area contributed by atoms with Gasteiger partial charge in [-0.15, -0.1) is 0 Å². The number of benzene rings is 2. The van der Waals surface area contributed by atoms with Crippen molar-refractivity contribution in [2.75, 3.05) is 20.0 Å². The van der Waals surface area contributed by atoms with Crippen LogP contribution in [0.3, 0.4) is 0 Å². The highest BCUT2D eigenvalue weighted by Crippen LogP contribution is 2.28. The Kier molecular flexibility index (Phi) is 4.82. The van der Waals surface area contributed by atoms with Gasteiger partial charge in [0.2, 0.25) is 0 Å². The van der Waals surface area contributed by atoms with Crippen molar-refractivity contribution in [2.24, 2.45) is 0 Å². The van der Waals surface area contributed by atoms with Crippen molar-refractivity contribution in [1.82, 2.24) is 0 Å². The van der Waals surface area contributed by atoms with E-state index in [1.165, 1.54) is 7.11 Å². The lowest BCUT2D eigenvalue weighted by atomic mass is 9.91. The van der Waals surface area contributed by atoms with Crippen molar-refractivity contribution < 1.29 is 14.3 Å². The lowest BCUT2D eigenvalue weighted by molar-refractivity contribution is -0.142. The van der Waals surface area contributed by atoms with Gasteiger partial charge in [-0.25, -0.2) is 0 Å². The zero-order valence-electron chi connectivity index (χ0n) is 12.2. The third-order valence-electron chi connectivity index (χ3n) is 3.44. The smallest absolute Gasteiger partial charge is 0.313 e. The number of para-hydroxylation sites is 1. The molecule has 4 nitrogen and oxygen atoms in total. The Balaban J connectivity index is 2.33. The molecule has 1 atom stereocenters. The summed E-state index contributed by atoms with van der Waals surface area (Å²) in [6, 6.07) is 14.9. The summed E-state index contributed by atoms with van der Waals surface area (Å²) in [4.78, 5) is 12.1. The zero-order chi connectivity index (χ0) is 15.2. The van der Waals surface area contributed by atoms with Gasteiger partial charge in [0.25, 0.3) is 0 Å².